The molecule has 0 bridgehead atoms. The standard InChI is InChI=1S/C15H18FN3O2/c1-11-17-18-15(20-11)10-19-8-6-14(7-9-19)21-13-4-2-12(16)3-5-13/h2-5,14H,6-10H2,1H3. The molecule has 0 aliphatic carbocycles. The van der Waals surface area contributed by atoms with Crippen LogP contribution in [0.15, 0.2) is 28.7 Å². The first-order valence-corrected chi connectivity index (χ1v) is 7.12. The highest BCUT2D eigenvalue weighted by molar-refractivity contribution is 5.22. The van der Waals surface area contributed by atoms with E-state index in [2.05, 4.69) is 15.1 Å². The fraction of sp³-hybridized carbons (Fsp3) is 0.467. The topological polar surface area (TPSA) is 51.4 Å². The molecule has 2 heterocycles. The summed E-state index contributed by atoms with van der Waals surface area (Å²) in [5, 5.41) is 7.84. The van der Waals surface area contributed by atoms with Crippen molar-refractivity contribution in [2.45, 2.75) is 32.4 Å². The first-order valence-electron chi connectivity index (χ1n) is 7.12. The summed E-state index contributed by atoms with van der Waals surface area (Å²) in [6, 6.07) is 6.18. The van der Waals surface area contributed by atoms with Crippen molar-refractivity contribution in [1.29, 1.82) is 0 Å². The summed E-state index contributed by atoms with van der Waals surface area (Å²) in [7, 11) is 0. The Morgan fingerprint density at radius 1 is 1.24 bits per heavy atom. The summed E-state index contributed by atoms with van der Waals surface area (Å²) >= 11 is 0. The lowest BCUT2D eigenvalue weighted by molar-refractivity contribution is 0.0916. The van der Waals surface area contributed by atoms with Gasteiger partial charge in [-0.05, 0) is 37.1 Å². The molecule has 1 aliphatic rings. The molecule has 0 N–H and O–H groups in total. The highest BCUT2D eigenvalue weighted by atomic mass is 19.1. The Morgan fingerprint density at radius 2 is 1.95 bits per heavy atom. The largest absolute Gasteiger partial charge is 0.490 e. The maximum Gasteiger partial charge on any atom is 0.230 e. The fourth-order valence-corrected chi connectivity index (χ4v) is 2.48. The summed E-state index contributed by atoms with van der Waals surface area (Å²) in [5.41, 5.74) is 0. The maximum atomic E-state index is 12.8. The number of halogens is 1. The Kier molecular flexibility index (Phi) is 4.15. The third-order valence-electron chi connectivity index (χ3n) is 3.58. The molecule has 0 atom stereocenters. The van der Waals surface area contributed by atoms with Crippen LogP contribution in [0.3, 0.4) is 0 Å². The van der Waals surface area contributed by atoms with Gasteiger partial charge in [-0.1, -0.05) is 0 Å². The Morgan fingerprint density at radius 3 is 2.57 bits per heavy atom. The molecule has 5 nitrogen and oxygen atoms in total. The van der Waals surface area contributed by atoms with E-state index in [1.54, 1.807) is 19.1 Å². The molecule has 0 radical (unpaired) electrons. The monoisotopic (exact) mass is 291 g/mol. The Labute approximate surface area is 122 Å². The number of hydrogen-bond acceptors (Lipinski definition) is 5. The smallest absolute Gasteiger partial charge is 0.230 e. The third-order valence-corrected chi connectivity index (χ3v) is 3.58. The molecule has 1 aliphatic heterocycles. The van der Waals surface area contributed by atoms with E-state index in [0.29, 0.717) is 18.3 Å². The summed E-state index contributed by atoms with van der Waals surface area (Å²) in [5.74, 6) is 1.74. The second-order valence-corrected chi connectivity index (χ2v) is 5.26. The van der Waals surface area contributed by atoms with Crippen molar-refractivity contribution in [1.82, 2.24) is 15.1 Å². The third kappa shape index (κ3) is 3.78. The van der Waals surface area contributed by atoms with Gasteiger partial charge >= 0.3 is 0 Å². The van der Waals surface area contributed by atoms with Crippen LogP contribution in [0.25, 0.3) is 0 Å². The zero-order valence-corrected chi connectivity index (χ0v) is 12.0. The maximum absolute atomic E-state index is 12.8. The lowest BCUT2D eigenvalue weighted by atomic mass is 10.1. The molecule has 0 unspecified atom stereocenters. The van der Waals surface area contributed by atoms with Gasteiger partial charge in [-0.15, -0.1) is 10.2 Å². The number of aryl methyl sites for hydroxylation is 1. The van der Waals surface area contributed by atoms with Gasteiger partial charge in [-0.25, -0.2) is 4.39 Å². The molecule has 1 saturated heterocycles. The summed E-state index contributed by atoms with van der Waals surface area (Å²) < 4.78 is 24.1. The van der Waals surface area contributed by atoms with E-state index in [9.17, 15) is 4.39 Å². The van der Waals surface area contributed by atoms with Crippen molar-refractivity contribution in [3.8, 4) is 5.75 Å². The second kappa shape index (κ2) is 6.22. The quantitative estimate of drug-likeness (QED) is 0.866. The molecule has 0 spiro atoms. The average Bonchev–Trinajstić information content (AvgIpc) is 2.89. The van der Waals surface area contributed by atoms with Crippen molar-refractivity contribution in [2.75, 3.05) is 13.1 Å². The van der Waals surface area contributed by atoms with Gasteiger partial charge in [0.1, 0.15) is 17.7 Å². The van der Waals surface area contributed by atoms with E-state index < -0.39 is 0 Å². The predicted octanol–water partition coefficient (Wildman–Crippen LogP) is 2.56. The highest BCUT2D eigenvalue weighted by Gasteiger charge is 2.21. The molecule has 2 aromatic rings. The van der Waals surface area contributed by atoms with Crippen LogP contribution < -0.4 is 4.74 Å². The zero-order valence-electron chi connectivity index (χ0n) is 12.0. The minimum absolute atomic E-state index is 0.177. The number of ether oxygens (including phenoxy) is 1. The number of likely N-dealkylation sites (tertiary alicyclic amines) is 1. The van der Waals surface area contributed by atoms with Crippen LogP contribution in [0.4, 0.5) is 4.39 Å². The minimum Gasteiger partial charge on any atom is -0.490 e. The SMILES string of the molecule is Cc1nnc(CN2CCC(Oc3ccc(F)cc3)CC2)o1. The number of nitrogens with zero attached hydrogens (tertiary/aromatic N) is 3. The van der Waals surface area contributed by atoms with Gasteiger partial charge in [0.2, 0.25) is 11.8 Å². The summed E-state index contributed by atoms with van der Waals surface area (Å²) in [4.78, 5) is 2.28. The van der Waals surface area contributed by atoms with E-state index in [4.69, 9.17) is 9.15 Å². The molecule has 6 heteroatoms. The van der Waals surface area contributed by atoms with Crippen molar-refractivity contribution in [2.24, 2.45) is 0 Å². The van der Waals surface area contributed by atoms with Crippen LogP contribution in [-0.4, -0.2) is 34.3 Å². The number of hydrogen-bond donors (Lipinski definition) is 0. The Balaban J connectivity index is 1.47. The summed E-state index contributed by atoms with van der Waals surface area (Å²) in [6.45, 7) is 4.32. The zero-order chi connectivity index (χ0) is 14.7. The van der Waals surface area contributed by atoms with Crippen molar-refractivity contribution < 1.29 is 13.5 Å². The van der Waals surface area contributed by atoms with Gasteiger partial charge in [-0.3, -0.25) is 4.90 Å². The number of rotatable bonds is 4. The highest BCUT2D eigenvalue weighted by Crippen LogP contribution is 2.20. The molecular formula is C15H18FN3O2. The van der Waals surface area contributed by atoms with E-state index >= 15 is 0 Å². The first-order chi connectivity index (χ1) is 10.2. The molecule has 3 rings (SSSR count). The van der Waals surface area contributed by atoms with Crippen LogP contribution in [-0.2, 0) is 6.54 Å². The molecule has 21 heavy (non-hydrogen) atoms. The predicted molar refractivity (Wildman–Crippen MR) is 74.4 cm³/mol. The number of benzene rings is 1. The summed E-state index contributed by atoms with van der Waals surface area (Å²) in [6.07, 6.45) is 2.05. The molecule has 0 amide bonds. The number of aromatic nitrogens is 2. The molecule has 112 valence electrons. The lowest BCUT2D eigenvalue weighted by Gasteiger charge is -2.31. The van der Waals surface area contributed by atoms with E-state index in [-0.39, 0.29) is 11.9 Å². The Hall–Kier alpha value is -1.95. The van der Waals surface area contributed by atoms with Gasteiger partial charge in [0.15, 0.2) is 0 Å². The lowest BCUT2D eigenvalue weighted by Crippen LogP contribution is -2.37. The van der Waals surface area contributed by atoms with Crippen LogP contribution >= 0.6 is 0 Å². The van der Waals surface area contributed by atoms with E-state index in [1.165, 1.54) is 12.1 Å². The number of piperidine rings is 1. The molecule has 1 fully saturated rings. The first kappa shape index (κ1) is 14.0. The van der Waals surface area contributed by atoms with Crippen LogP contribution in [0.2, 0.25) is 0 Å². The van der Waals surface area contributed by atoms with Crippen molar-refractivity contribution in [3.05, 3.63) is 41.9 Å². The molecular weight excluding hydrogens is 273 g/mol. The van der Waals surface area contributed by atoms with Crippen LogP contribution in [0, 0.1) is 12.7 Å². The Bertz CT molecular complexity index is 577. The van der Waals surface area contributed by atoms with Crippen LogP contribution in [0.5, 0.6) is 5.75 Å². The van der Waals surface area contributed by atoms with Gasteiger partial charge in [0.05, 0.1) is 6.54 Å². The van der Waals surface area contributed by atoms with E-state index in [1.807, 2.05) is 0 Å². The van der Waals surface area contributed by atoms with Gasteiger partial charge in [0, 0.05) is 20.0 Å². The van der Waals surface area contributed by atoms with Crippen molar-refractivity contribution in [3.63, 3.8) is 0 Å². The van der Waals surface area contributed by atoms with E-state index in [0.717, 1.165) is 31.7 Å². The molecule has 1 aromatic heterocycles. The van der Waals surface area contributed by atoms with Gasteiger partial charge < -0.3 is 9.15 Å². The van der Waals surface area contributed by atoms with Crippen LogP contribution in [0.1, 0.15) is 24.6 Å². The average molecular weight is 291 g/mol. The molecule has 0 saturated carbocycles. The van der Waals surface area contributed by atoms with Crippen molar-refractivity contribution >= 4 is 0 Å². The normalized spacial score (nSPS) is 17.0. The van der Waals surface area contributed by atoms with Gasteiger partial charge in [0.25, 0.3) is 0 Å². The molecule has 1 aromatic carbocycles. The second-order valence-electron chi connectivity index (χ2n) is 5.26. The van der Waals surface area contributed by atoms with Gasteiger partial charge in [-0.2, -0.15) is 0 Å². The fourth-order valence-electron chi connectivity index (χ4n) is 2.48. The minimum atomic E-state index is -0.243.